The zero-order chi connectivity index (χ0) is 21.0. The number of ether oxygens (including phenoxy) is 1. The Labute approximate surface area is 179 Å². The van der Waals surface area contributed by atoms with Gasteiger partial charge in [-0.25, -0.2) is 15.0 Å². The van der Waals surface area contributed by atoms with Gasteiger partial charge in [-0.1, -0.05) is 29.8 Å². The second-order valence-corrected chi connectivity index (χ2v) is 7.28. The van der Waals surface area contributed by atoms with Crippen LogP contribution in [0.5, 0.6) is 0 Å². The van der Waals surface area contributed by atoms with E-state index in [-0.39, 0.29) is 0 Å². The maximum absolute atomic E-state index is 5.52. The maximum Gasteiger partial charge on any atom is 0.160 e. The molecule has 156 valence electrons. The number of nitrogens with zero attached hydrogens (tertiary/aromatic N) is 7. The number of aromatic nitrogens is 5. The summed E-state index contributed by atoms with van der Waals surface area (Å²) in [6.45, 7) is 4.99. The largest absolute Gasteiger partial charge is 0.378 e. The molecule has 1 saturated heterocycles. The summed E-state index contributed by atoms with van der Waals surface area (Å²) in [7, 11) is 0. The smallest absolute Gasteiger partial charge is 0.160 e. The molecule has 1 aliphatic rings. The molecule has 0 amide bonds. The zero-order valence-corrected chi connectivity index (χ0v) is 17.1. The summed E-state index contributed by atoms with van der Waals surface area (Å²) in [4.78, 5) is 15.2. The van der Waals surface area contributed by atoms with Crippen molar-refractivity contribution < 1.29 is 4.74 Å². The average Bonchev–Trinajstić information content (AvgIpc) is 3.24. The lowest BCUT2D eigenvalue weighted by molar-refractivity contribution is 0.122. The van der Waals surface area contributed by atoms with E-state index in [1.54, 1.807) is 12.4 Å². The number of rotatable bonds is 5. The van der Waals surface area contributed by atoms with Gasteiger partial charge in [-0.2, -0.15) is 14.7 Å². The van der Waals surface area contributed by atoms with Crippen LogP contribution in [0, 0.1) is 6.92 Å². The van der Waals surface area contributed by atoms with Crippen molar-refractivity contribution in [3.63, 3.8) is 0 Å². The Morgan fingerprint density at radius 1 is 1.10 bits per heavy atom. The summed E-state index contributed by atoms with van der Waals surface area (Å²) in [6, 6.07) is 13.9. The lowest BCUT2D eigenvalue weighted by Gasteiger charge is -2.29. The normalized spacial score (nSPS) is 14.4. The maximum atomic E-state index is 5.52. The third-order valence-corrected chi connectivity index (χ3v) is 5.02. The number of fused-ring (bicyclic) bond motifs is 1. The lowest BCUT2D eigenvalue weighted by Crippen LogP contribution is -2.37. The van der Waals surface area contributed by atoms with Crippen LogP contribution in [0.25, 0.3) is 17.0 Å². The number of hydrazone groups is 1. The molecule has 0 spiro atoms. The van der Waals surface area contributed by atoms with Crippen molar-refractivity contribution in [2.45, 2.75) is 6.92 Å². The molecule has 4 aromatic rings. The van der Waals surface area contributed by atoms with E-state index < -0.39 is 0 Å². The Morgan fingerprint density at radius 2 is 2.00 bits per heavy atom. The minimum atomic E-state index is 0.645. The Kier molecular flexibility index (Phi) is 5.24. The van der Waals surface area contributed by atoms with Crippen LogP contribution in [-0.2, 0) is 4.74 Å². The highest BCUT2D eigenvalue weighted by Gasteiger charge is 2.18. The summed E-state index contributed by atoms with van der Waals surface area (Å²) in [5.41, 5.74) is 7.49. The highest BCUT2D eigenvalue weighted by atomic mass is 16.5. The van der Waals surface area contributed by atoms with Crippen molar-refractivity contribution in [3.8, 4) is 11.4 Å². The van der Waals surface area contributed by atoms with Crippen LogP contribution < -0.4 is 10.3 Å². The molecule has 0 aliphatic carbocycles. The summed E-state index contributed by atoms with van der Waals surface area (Å²) in [5, 5.41) is 9.13. The molecule has 9 nitrogen and oxygen atoms in total. The van der Waals surface area contributed by atoms with Crippen LogP contribution in [0.3, 0.4) is 0 Å². The second-order valence-electron chi connectivity index (χ2n) is 7.28. The minimum Gasteiger partial charge on any atom is -0.378 e. The molecule has 0 radical (unpaired) electrons. The highest BCUT2D eigenvalue weighted by Crippen LogP contribution is 2.25. The summed E-state index contributed by atoms with van der Waals surface area (Å²) in [5.74, 6) is 1.58. The first-order valence-electron chi connectivity index (χ1n) is 10.1. The predicted octanol–water partition coefficient (Wildman–Crippen LogP) is 2.78. The molecule has 9 heteroatoms. The summed E-state index contributed by atoms with van der Waals surface area (Å²) < 4.78 is 7.36. The molecule has 1 aliphatic heterocycles. The van der Waals surface area contributed by atoms with Crippen LogP contribution in [0.1, 0.15) is 11.1 Å². The third kappa shape index (κ3) is 4.22. The number of hydrogen-bond acceptors (Lipinski definition) is 8. The Bertz CT molecular complexity index is 1210. The van der Waals surface area contributed by atoms with Gasteiger partial charge in [0.05, 0.1) is 25.1 Å². The van der Waals surface area contributed by atoms with Crippen molar-refractivity contribution >= 4 is 23.5 Å². The van der Waals surface area contributed by atoms with Gasteiger partial charge in [-0.05, 0) is 18.6 Å². The van der Waals surface area contributed by atoms with Gasteiger partial charge in [-0.15, -0.1) is 0 Å². The van der Waals surface area contributed by atoms with E-state index in [9.17, 15) is 0 Å². The molecule has 0 atom stereocenters. The Hall–Kier alpha value is -3.85. The molecule has 0 saturated carbocycles. The van der Waals surface area contributed by atoms with Gasteiger partial charge >= 0.3 is 0 Å². The second kappa shape index (κ2) is 8.49. The molecule has 0 unspecified atom stereocenters. The van der Waals surface area contributed by atoms with E-state index in [1.165, 1.54) is 11.9 Å². The van der Waals surface area contributed by atoms with Crippen molar-refractivity contribution in [2.24, 2.45) is 5.10 Å². The number of aryl methyl sites for hydroxylation is 1. The first-order valence-corrected chi connectivity index (χ1v) is 10.1. The zero-order valence-electron chi connectivity index (χ0n) is 17.1. The SMILES string of the molecule is Cc1cccc(/C=N/Nc2cc(N3CCOCC3)n3nc(-c4ccncn4)cc3n2)c1. The summed E-state index contributed by atoms with van der Waals surface area (Å²) in [6.07, 6.45) is 5.01. The first-order chi connectivity index (χ1) is 15.3. The molecule has 0 bridgehead atoms. The van der Waals surface area contributed by atoms with Crippen molar-refractivity contribution in [3.05, 3.63) is 66.1 Å². The van der Waals surface area contributed by atoms with Crippen molar-refractivity contribution in [2.75, 3.05) is 36.6 Å². The monoisotopic (exact) mass is 414 g/mol. The average molecular weight is 414 g/mol. The lowest BCUT2D eigenvalue weighted by atomic mass is 10.2. The van der Waals surface area contributed by atoms with E-state index in [2.05, 4.69) is 44.5 Å². The molecule has 5 rings (SSSR count). The van der Waals surface area contributed by atoms with Crippen LogP contribution in [0.15, 0.2) is 60.1 Å². The van der Waals surface area contributed by atoms with E-state index in [1.807, 2.05) is 34.8 Å². The molecular formula is C22H22N8O. The highest BCUT2D eigenvalue weighted by molar-refractivity contribution is 5.80. The van der Waals surface area contributed by atoms with Gasteiger partial charge in [0, 0.05) is 31.4 Å². The minimum absolute atomic E-state index is 0.645. The van der Waals surface area contributed by atoms with Crippen molar-refractivity contribution in [1.29, 1.82) is 0 Å². The number of benzene rings is 1. The topological polar surface area (TPSA) is 92.8 Å². The number of morpholine rings is 1. The Balaban J connectivity index is 1.50. The van der Waals surface area contributed by atoms with Crippen LogP contribution >= 0.6 is 0 Å². The first kappa shape index (κ1) is 19.1. The van der Waals surface area contributed by atoms with Gasteiger partial charge in [0.1, 0.15) is 17.8 Å². The fourth-order valence-electron chi connectivity index (χ4n) is 3.52. The van der Waals surface area contributed by atoms with Crippen LogP contribution in [0.2, 0.25) is 0 Å². The quantitative estimate of drug-likeness (QED) is 0.396. The predicted molar refractivity (Wildman–Crippen MR) is 119 cm³/mol. The van der Waals surface area contributed by atoms with E-state index >= 15 is 0 Å². The molecule has 3 aromatic heterocycles. The molecule has 1 N–H and O–H groups in total. The number of nitrogens with one attached hydrogen (secondary N) is 1. The fraction of sp³-hybridized carbons (Fsp3) is 0.227. The molecule has 31 heavy (non-hydrogen) atoms. The molecule has 4 heterocycles. The molecule has 1 aromatic carbocycles. The third-order valence-electron chi connectivity index (χ3n) is 5.02. The number of anilines is 2. The fourth-order valence-corrected chi connectivity index (χ4v) is 3.52. The van der Waals surface area contributed by atoms with Crippen molar-refractivity contribution in [1.82, 2.24) is 24.6 Å². The van der Waals surface area contributed by atoms with E-state index in [0.29, 0.717) is 24.7 Å². The van der Waals surface area contributed by atoms with Gasteiger partial charge in [0.2, 0.25) is 0 Å². The van der Waals surface area contributed by atoms with Gasteiger partial charge in [-0.3, -0.25) is 5.43 Å². The van der Waals surface area contributed by atoms with Gasteiger partial charge in [0.25, 0.3) is 0 Å². The van der Waals surface area contributed by atoms with Gasteiger partial charge < -0.3 is 9.64 Å². The summed E-state index contributed by atoms with van der Waals surface area (Å²) >= 11 is 0. The van der Waals surface area contributed by atoms with E-state index in [4.69, 9.17) is 14.8 Å². The van der Waals surface area contributed by atoms with Gasteiger partial charge in [0.15, 0.2) is 11.5 Å². The Morgan fingerprint density at radius 3 is 2.81 bits per heavy atom. The standard InChI is InChI=1S/C22H22N8O/c1-16-3-2-4-17(11-16)14-25-27-20-13-22(29-7-9-31-10-8-29)30-21(26-20)12-19(28-30)18-5-6-23-15-24-18/h2-6,11-15H,7-10H2,1H3,(H,26,27)/b25-14+. The van der Waals surface area contributed by atoms with Crippen LogP contribution in [0.4, 0.5) is 11.6 Å². The molecular weight excluding hydrogens is 392 g/mol. The number of hydrogen-bond donors (Lipinski definition) is 1. The van der Waals surface area contributed by atoms with E-state index in [0.717, 1.165) is 35.9 Å². The van der Waals surface area contributed by atoms with Crippen LogP contribution in [-0.4, -0.2) is 57.1 Å². The molecule has 1 fully saturated rings.